The summed E-state index contributed by atoms with van der Waals surface area (Å²) in [6, 6.07) is -0.371. The third-order valence-electron chi connectivity index (χ3n) is 2.03. The molecular weight excluding hydrogens is 172 g/mol. The normalized spacial score (nSPS) is 17.8. The van der Waals surface area contributed by atoms with Gasteiger partial charge in [-0.15, -0.1) is 0 Å². The number of aromatic nitrogens is 2. The molecule has 13 heavy (non-hydrogen) atoms. The summed E-state index contributed by atoms with van der Waals surface area (Å²) in [6.07, 6.45) is 1.39. The van der Waals surface area contributed by atoms with Crippen molar-refractivity contribution in [3.8, 4) is 0 Å². The van der Waals surface area contributed by atoms with Gasteiger partial charge in [0.15, 0.2) is 11.5 Å². The molecule has 1 aliphatic heterocycles. The van der Waals surface area contributed by atoms with Crippen molar-refractivity contribution in [1.82, 2.24) is 14.9 Å². The summed E-state index contributed by atoms with van der Waals surface area (Å²) in [7, 11) is 3.01. The summed E-state index contributed by atoms with van der Waals surface area (Å²) in [5, 5.41) is 0. The average molecular weight is 180 g/mol. The van der Waals surface area contributed by atoms with Gasteiger partial charge in [0.05, 0.1) is 6.33 Å². The van der Waals surface area contributed by atoms with Gasteiger partial charge in [-0.05, 0) is 4.90 Å². The van der Waals surface area contributed by atoms with Gasteiger partial charge in [-0.2, -0.15) is 0 Å². The number of hydrogen-bond acceptors (Lipinski definition) is 3. The van der Waals surface area contributed by atoms with E-state index in [2.05, 4.69) is 9.97 Å². The van der Waals surface area contributed by atoms with Crippen LogP contribution in [0, 0.1) is 0 Å². The van der Waals surface area contributed by atoms with Crippen molar-refractivity contribution in [1.29, 1.82) is 0 Å². The molecule has 0 unspecified atom stereocenters. The van der Waals surface area contributed by atoms with Crippen LogP contribution in [0.25, 0.3) is 0 Å². The van der Waals surface area contributed by atoms with E-state index in [1.54, 1.807) is 7.05 Å². The average Bonchev–Trinajstić information content (AvgIpc) is 2.59. The summed E-state index contributed by atoms with van der Waals surface area (Å²) in [5.74, 6) is 0.0312. The lowest BCUT2D eigenvalue weighted by Gasteiger charge is -2.17. The predicted molar refractivity (Wildman–Crippen MR) is 44.8 cm³/mol. The SMILES string of the molecule is CN1C(=O)[N+](C)C(=O)c2[nH]cnc21. The Morgan fingerprint density at radius 1 is 1.54 bits per heavy atom. The smallest absolute Gasteiger partial charge is 0.335 e. The minimum atomic E-state index is -0.371. The van der Waals surface area contributed by atoms with E-state index in [1.165, 1.54) is 18.3 Å². The fourth-order valence-electron chi connectivity index (χ4n) is 1.27. The number of anilines is 1. The van der Waals surface area contributed by atoms with Crippen LogP contribution < -0.4 is 9.80 Å². The molecule has 1 aliphatic rings. The van der Waals surface area contributed by atoms with E-state index in [1.807, 2.05) is 0 Å². The molecule has 2 heterocycles. The molecule has 0 atom stereocenters. The number of carbonyl (C=O) groups excluding carboxylic acids is 2. The number of nitrogens with one attached hydrogen (secondary N) is 1. The van der Waals surface area contributed by atoms with Crippen molar-refractivity contribution in [3.63, 3.8) is 0 Å². The van der Waals surface area contributed by atoms with Crippen molar-refractivity contribution in [3.05, 3.63) is 12.0 Å². The van der Waals surface area contributed by atoms with E-state index in [0.29, 0.717) is 11.5 Å². The molecule has 0 spiro atoms. The molecule has 0 saturated carbocycles. The molecule has 0 bridgehead atoms. The molecule has 0 fully saturated rings. The highest BCUT2D eigenvalue weighted by atomic mass is 16.2. The first-order chi connectivity index (χ1) is 6.13. The largest absolute Gasteiger partial charge is 0.481 e. The number of rotatable bonds is 0. The molecule has 1 aromatic rings. The first-order valence-corrected chi connectivity index (χ1v) is 3.72. The van der Waals surface area contributed by atoms with E-state index in [0.717, 1.165) is 4.90 Å². The summed E-state index contributed by atoms with van der Waals surface area (Å²) in [4.78, 5) is 31.8. The first kappa shape index (κ1) is 7.93. The second-order valence-electron chi connectivity index (χ2n) is 2.81. The van der Waals surface area contributed by atoms with Crippen molar-refractivity contribution >= 4 is 17.8 Å². The Morgan fingerprint density at radius 3 is 2.92 bits per heavy atom. The van der Waals surface area contributed by atoms with Crippen LogP contribution in [0.4, 0.5) is 10.6 Å². The topological polar surface area (TPSA) is 72.0 Å². The molecule has 0 aromatic carbocycles. The summed E-state index contributed by atoms with van der Waals surface area (Å²) >= 11 is 0. The van der Waals surface area contributed by atoms with Crippen LogP contribution >= 0.6 is 0 Å². The van der Waals surface area contributed by atoms with Gasteiger partial charge in [0.2, 0.25) is 0 Å². The Bertz CT molecular complexity index is 384. The minimum absolute atomic E-state index is 0.351. The highest BCUT2D eigenvalue weighted by Crippen LogP contribution is 2.20. The highest BCUT2D eigenvalue weighted by Gasteiger charge is 2.44. The molecule has 6 heteroatoms. The minimum Gasteiger partial charge on any atom is -0.335 e. The maximum atomic E-state index is 11.4. The van der Waals surface area contributed by atoms with Gasteiger partial charge in [-0.3, -0.25) is 0 Å². The number of amides is 3. The Balaban J connectivity index is 2.59. The Labute approximate surface area is 74.2 Å². The molecule has 1 aromatic heterocycles. The first-order valence-electron chi connectivity index (χ1n) is 3.72. The molecule has 6 nitrogen and oxygen atoms in total. The van der Waals surface area contributed by atoms with Gasteiger partial charge in [-0.1, -0.05) is 0 Å². The number of imidazole rings is 1. The Hall–Kier alpha value is -1.69. The number of hydrogen-bond donors (Lipinski definition) is 1. The van der Waals surface area contributed by atoms with E-state index in [4.69, 9.17) is 0 Å². The van der Waals surface area contributed by atoms with Crippen LogP contribution in [0.1, 0.15) is 10.5 Å². The number of imide groups is 1. The molecule has 0 saturated heterocycles. The number of nitrogens with zero attached hydrogens (tertiary/aromatic N) is 3. The summed E-state index contributed by atoms with van der Waals surface area (Å²) in [5.41, 5.74) is 0.351. The Morgan fingerprint density at radius 2 is 2.23 bits per heavy atom. The van der Waals surface area contributed by atoms with Crippen LogP contribution in [-0.2, 0) is 0 Å². The van der Waals surface area contributed by atoms with Crippen LogP contribution in [0.3, 0.4) is 0 Å². The molecule has 1 radical (unpaired) electrons. The molecule has 1 N–H and O–H groups in total. The quantitative estimate of drug-likeness (QED) is 0.566. The molecule has 3 amide bonds. The highest BCUT2D eigenvalue weighted by molar-refractivity contribution is 6.17. The monoisotopic (exact) mass is 180 g/mol. The molecule has 0 aliphatic carbocycles. The lowest BCUT2D eigenvalue weighted by Crippen LogP contribution is -2.51. The zero-order valence-electron chi connectivity index (χ0n) is 7.24. The lowest BCUT2D eigenvalue weighted by atomic mass is 10.3. The van der Waals surface area contributed by atoms with Gasteiger partial charge in [0.1, 0.15) is 7.05 Å². The maximum Gasteiger partial charge on any atom is 0.481 e. The van der Waals surface area contributed by atoms with E-state index in [9.17, 15) is 9.59 Å². The van der Waals surface area contributed by atoms with Crippen molar-refractivity contribution in [2.24, 2.45) is 0 Å². The fourth-order valence-corrected chi connectivity index (χ4v) is 1.27. The van der Waals surface area contributed by atoms with Gasteiger partial charge in [-0.25, -0.2) is 19.5 Å². The molecular formula is C7H8N4O2+. The van der Waals surface area contributed by atoms with Crippen molar-refractivity contribution in [2.75, 3.05) is 19.0 Å². The fraction of sp³-hybridized carbons (Fsp3) is 0.286. The molecule has 2 rings (SSSR count). The number of aromatic amines is 1. The van der Waals surface area contributed by atoms with Crippen LogP contribution in [-0.4, -0.2) is 36.0 Å². The zero-order valence-corrected chi connectivity index (χ0v) is 7.24. The van der Waals surface area contributed by atoms with Gasteiger partial charge in [0.25, 0.3) is 0 Å². The standard InChI is InChI=1S/C7H8N4O2/c1-10-5-4(8-3-9-5)6(12)11(2)7(10)13/h3H,1-2H3,(H,8,9)/q+1. The summed E-state index contributed by atoms with van der Waals surface area (Å²) in [6.45, 7) is 0. The molecule has 67 valence electrons. The van der Waals surface area contributed by atoms with Gasteiger partial charge < -0.3 is 4.98 Å². The number of H-pyrrole nitrogens is 1. The van der Waals surface area contributed by atoms with Crippen molar-refractivity contribution < 1.29 is 9.59 Å². The van der Waals surface area contributed by atoms with E-state index < -0.39 is 0 Å². The summed E-state index contributed by atoms with van der Waals surface area (Å²) < 4.78 is 0. The van der Waals surface area contributed by atoms with E-state index in [-0.39, 0.29) is 11.9 Å². The van der Waals surface area contributed by atoms with E-state index >= 15 is 0 Å². The third kappa shape index (κ3) is 0.888. The number of carbonyl (C=O) groups is 2. The van der Waals surface area contributed by atoms with Gasteiger partial charge >= 0.3 is 11.9 Å². The van der Waals surface area contributed by atoms with Crippen molar-refractivity contribution in [2.45, 2.75) is 0 Å². The van der Waals surface area contributed by atoms with Crippen LogP contribution in [0.5, 0.6) is 0 Å². The maximum absolute atomic E-state index is 11.4. The third-order valence-corrected chi connectivity index (χ3v) is 2.03. The second-order valence-corrected chi connectivity index (χ2v) is 2.81. The predicted octanol–water partition coefficient (Wildman–Crippen LogP) is -0.110. The lowest BCUT2D eigenvalue weighted by molar-refractivity contribution is 0.0898. The second kappa shape index (κ2) is 2.40. The number of fused-ring (bicyclic) bond motifs is 1. The number of urea groups is 1. The zero-order chi connectivity index (χ0) is 9.59. The Kier molecular flexibility index (Phi) is 1.46. The van der Waals surface area contributed by atoms with Crippen LogP contribution in [0.15, 0.2) is 6.33 Å². The van der Waals surface area contributed by atoms with Gasteiger partial charge in [0, 0.05) is 7.05 Å². The van der Waals surface area contributed by atoms with Crippen LogP contribution in [0.2, 0.25) is 0 Å².